The lowest BCUT2D eigenvalue weighted by Gasteiger charge is -2.18. The molecule has 1 aromatic carbocycles. The van der Waals surface area contributed by atoms with Crippen molar-refractivity contribution in [3.63, 3.8) is 0 Å². The molecule has 0 heterocycles. The smallest absolute Gasteiger partial charge is 0.124 e. The van der Waals surface area contributed by atoms with Gasteiger partial charge in [-0.3, -0.25) is 0 Å². The molecule has 0 fully saturated rings. The molecule has 0 saturated heterocycles. The molecule has 17 heavy (non-hydrogen) atoms. The minimum absolute atomic E-state index is 0.345. The van der Waals surface area contributed by atoms with Crippen LogP contribution in [0.4, 0.5) is 0 Å². The summed E-state index contributed by atoms with van der Waals surface area (Å²) in [6.45, 7) is 10.4. The Hall–Kier alpha value is -1.02. The van der Waals surface area contributed by atoms with Gasteiger partial charge in [0.1, 0.15) is 5.75 Å². The summed E-state index contributed by atoms with van der Waals surface area (Å²) in [6.07, 6.45) is 2.28. The van der Waals surface area contributed by atoms with E-state index in [1.807, 2.05) is 0 Å². The zero-order valence-electron chi connectivity index (χ0n) is 11.5. The van der Waals surface area contributed by atoms with Crippen LogP contribution in [0.2, 0.25) is 0 Å². The molecule has 1 unspecified atom stereocenters. The number of aryl methyl sites for hydroxylation is 1. The van der Waals surface area contributed by atoms with Crippen molar-refractivity contribution in [1.29, 1.82) is 0 Å². The lowest BCUT2D eigenvalue weighted by atomic mass is 10.0. The molecule has 2 heteroatoms. The molecule has 1 rings (SSSR count). The highest BCUT2D eigenvalue weighted by Crippen LogP contribution is 2.26. The fourth-order valence-corrected chi connectivity index (χ4v) is 1.87. The van der Waals surface area contributed by atoms with Crippen molar-refractivity contribution in [2.45, 2.75) is 46.6 Å². The van der Waals surface area contributed by atoms with Gasteiger partial charge in [0.15, 0.2) is 0 Å². The second-order valence-corrected chi connectivity index (χ2v) is 4.52. The van der Waals surface area contributed by atoms with Crippen LogP contribution in [-0.4, -0.2) is 13.2 Å². The molecule has 0 aliphatic carbocycles. The summed E-state index contributed by atoms with van der Waals surface area (Å²) in [4.78, 5) is 0. The highest BCUT2D eigenvalue weighted by Gasteiger charge is 2.10. The van der Waals surface area contributed by atoms with Crippen molar-refractivity contribution in [2.24, 2.45) is 0 Å². The first-order valence-electron chi connectivity index (χ1n) is 6.65. The van der Waals surface area contributed by atoms with E-state index in [2.05, 4.69) is 51.2 Å². The first kappa shape index (κ1) is 14.0. The summed E-state index contributed by atoms with van der Waals surface area (Å²) in [5, 5.41) is 3.43. The van der Waals surface area contributed by atoms with Crippen LogP contribution < -0.4 is 10.1 Å². The Morgan fingerprint density at radius 1 is 1.29 bits per heavy atom. The Morgan fingerprint density at radius 2 is 2.06 bits per heavy atom. The molecule has 96 valence electrons. The second-order valence-electron chi connectivity index (χ2n) is 4.52. The normalized spacial score (nSPS) is 12.5. The Morgan fingerprint density at radius 3 is 2.71 bits per heavy atom. The van der Waals surface area contributed by atoms with Gasteiger partial charge in [-0.1, -0.05) is 32.4 Å². The minimum Gasteiger partial charge on any atom is -0.493 e. The summed E-state index contributed by atoms with van der Waals surface area (Å²) in [5.41, 5.74) is 2.51. The molecule has 1 aromatic rings. The summed E-state index contributed by atoms with van der Waals surface area (Å²) < 4.78 is 5.89. The molecule has 0 amide bonds. The maximum Gasteiger partial charge on any atom is 0.124 e. The first-order chi connectivity index (χ1) is 8.19. The van der Waals surface area contributed by atoms with Crippen LogP contribution in [0.15, 0.2) is 18.2 Å². The molecule has 1 N–H and O–H groups in total. The van der Waals surface area contributed by atoms with Crippen LogP contribution in [0.3, 0.4) is 0 Å². The molecule has 1 atom stereocenters. The van der Waals surface area contributed by atoms with E-state index in [4.69, 9.17) is 4.74 Å². The lowest BCUT2D eigenvalue weighted by Crippen LogP contribution is -2.18. The Balaban J connectivity index is 2.79. The zero-order valence-corrected chi connectivity index (χ0v) is 11.5. The number of rotatable bonds is 7. The molecule has 0 radical (unpaired) electrons. The van der Waals surface area contributed by atoms with Crippen molar-refractivity contribution >= 4 is 0 Å². The molecule has 0 aliphatic heterocycles. The highest BCUT2D eigenvalue weighted by atomic mass is 16.5. The molecule has 2 nitrogen and oxygen atoms in total. The third kappa shape index (κ3) is 4.39. The third-order valence-electron chi connectivity index (χ3n) is 2.90. The Labute approximate surface area is 105 Å². The Kier molecular flexibility index (Phi) is 6.06. The van der Waals surface area contributed by atoms with Gasteiger partial charge in [0.25, 0.3) is 0 Å². The predicted molar refractivity (Wildman–Crippen MR) is 73.7 cm³/mol. The van der Waals surface area contributed by atoms with Gasteiger partial charge in [-0.25, -0.2) is 0 Å². The Bertz CT molecular complexity index is 336. The number of unbranched alkanes of at least 4 members (excludes halogenated alkanes) is 1. The average molecular weight is 235 g/mol. The predicted octanol–water partition coefficient (Wildman–Crippen LogP) is 3.84. The van der Waals surface area contributed by atoms with Gasteiger partial charge in [-0.15, -0.1) is 0 Å². The largest absolute Gasteiger partial charge is 0.493 e. The van der Waals surface area contributed by atoms with E-state index in [0.29, 0.717) is 6.04 Å². The highest BCUT2D eigenvalue weighted by molar-refractivity contribution is 5.39. The fourth-order valence-electron chi connectivity index (χ4n) is 1.87. The summed E-state index contributed by atoms with van der Waals surface area (Å²) in [7, 11) is 0. The molecule has 0 aliphatic rings. The standard InChI is InChI=1S/C15H25NO/c1-5-7-10-17-15-11-12(3)8-9-14(15)13(4)16-6-2/h8-9,11,13,16H,5-7,10H2,1-4H3. The van der Waals surface area contributed by atoms with E-state index < -0.39 is 0 Å². The van der Waals surface area contributed by atoms with Crippen LogP contribution in [-0.2, 0) is 0 Å². The monoisotopic (exact) mass is 235 g/mol. The van der Waals surface area contributed by atoms with E-state index in [1.54, 1.807) is 0 Å². The average Bonchev–Trinajstić information content (AvgIpc) is 2.30. The van der Waals surface area contributed by atoms with Crippen LogP contribution in [0.1, 0.15) is 50.8 Å². The van der Waals surface area contributed by atoms with E-state index in [0.717, 1.165) is 25.3 Å². The van der Waals surface area contributed by atoms with Crippen molar-refractivity contribution in [2.75, 3.05) is 13.2 Å². The van der Waals surface area contributed by atoms with Gasteiger partial charge in [0.2, 0.25) is 0 Å². The number of nitrogens with one attached hydrogen (secondary N) is 1. The van der Waals surface area contributed by atoms with Crippen LogP contribution >= 0.6 is 0 Å². The van der Waals surface area contributed by atoms with E-state index >= 15 is 0 Å². The maximum atomic E-state index is 5.89. The van der Waals surface area contributed by atoms with E-state index in [9.17, 15) is 0 Å². The second kappa shape index (κ2) is 7.33. The molecule has 0 spiro atoms. The first-order valence-corrected chi connectivity index (χ1v) is 6.65. The van der Waals surface area contributed by atoms with Gasteiger partial charge in [0.05, 0.1) is 6.61 Å². The van der Waals surface area contributed by atoms with Gasteiger partial charge >= 0.3 is 0 Å². The third-order valence-corrected chi connectivity index (χ3v) is 2.90. The van der Waals surface area contributed by atoms with Crippen LogP contribution in [0.5, 0.6) is 5.75 Å². The van der Waals surface area contributed by atoms with Gasteiger partial charge in [0, 0.05) is 11.6 Å². The summed E-state index contributed by atoms with van der Waals surface area (Å²) >= 11 is 0. The number of ether oxygens (including phenoxy) is 1. The lowest BCUT2D eigenvalue weighted by molar-refractivity contribution is 0.303. The number of hydrogen-bond donors (Lipinski definition) is 1. The van der Waals surface area contributed by atoms with E-state index in [-0.39, 0.29) is 0 Å². The molecule has 0 saturated carbocycles. The molecule has 0 aromatic heterocycles. The van der Waals surface area contributed by atoms with Crippen molar-refractivity contribution in [3.05, 3.63) is 29.3 Å². The van der Waals surface area contributed by atoms with Crippen molar-refractivity contribution < 1.29 is 4.74 Å². The number of hydrogen-bond acceptors (Lipinski definition) is 2. The van der Waals surface area contributed by atoms with Gasteiger partial charge in [-0.05, 0) is 38.4 Å². The quantitative estimate of drug-likeness (QED) is 0.725. The maximum absolute atomic E-state index is 5.89. The summed E-state index contributed by atoms with van der Waals surface area (Å²) in [6, 6.07) is 6.80. The topological polar surface area (TPSA) is 21.3 Å². The molecule has 0 bridgehead atoms. The van der Waals surface area contributed by atoms with Crippen LogP contribution in [0, 0.1) is 6.92 Å². The van der Waals surface area contributed by atoms with E-state index in [1.165, 1.54) is 17.5 Å². The van der Waals surface area contributed by atoms with Gasteiger partial charge < -0.3 is 10.1 Å². The minimum atomic E-state index is 0.345. The summed E-state index contributed by atoms with van der Waals surface area (Å²) in [5.74, 6) is 1.03. The SMILES string of the molecule is CCCCOc1cc(C)ccc1C(C)NCC. The fraction of sp³-hybridized carbons (Fsp3) is 0.600. The van der Waals surface area contributed by atoms with Gasteiger partial charge in [-0.2, -0.15) is 0 Å². The zero-order chi connectivity index (χ0) is 12.7. The number of benzene rings is 1. The molecular formula is C15H25NO. The molecular weight excluding hydrogens is 210 g/mol. The van der Waals surface area contributed by atoms with Crippen molar-refractivity contribution in [3.8, 4) is 5.75 Å². The van der Waals surface area contributed by atoms with Crippen LogP contribution in [0.25, 0.3) is 0 Å². The van der Waals surface area contributed by atoms with Crippen molar-refractivity contribution in [1.82, 2.24) is 5.32 Å².